The molecule has 0 amide bonds. The van der Waals surface area contributed by atoms with E-state index in [1.54, 1.807) is 167 Å². The van der Waals surface area contributed by atoms with Crippen LogP contribution in [0.1, 0.15) is 193 Å². The molecule has 0 saturated heterocycles. The largest absolute Gasteiger partial charge is 0.0885 e. The molecule has 46 heavy (non-hydrogen) atoms. The predicted octanol–water partition coefficient (Wildman–Crippen LogP) is 14.0. The van der Waals surface area contributed by atoms with Gasteiger partial charge in [-0.1, -0.05) is 89.2 Å². The van der Waals surface area contributed by atoms with Gasteiger partial charge in [-0.15, -0.1) is 0 Å². The molecule has 260 valence electrons. The van der Waals surface area contributed by atoms with Crippen LogP contribution in [-0.2, 0) is 0 Å². The zero-order valence-electron chi connectivity index (χ0n) is 30.5. The molecule has 0 aromatic carbocycles. The summed E-state index contributed by atoms with van der Waals surface area (Å²) in [6, 6.07) is 0. The third kappa shape index (κ3) is 7.28. The van der Waals surface area contributed by atoms with Crippen molar-refractivity contribution in [3.63, 3.8) is 0 Å². The summed E-state index contributed by atoms with van der Waals surface area (Å²) in [7, 11) is 0. The lowest BCUT2D eigenvalue weighted by molar-refractivity contribution is 0.131. The monoisotopic (exact) mass is 629 g/mol. The average Bonchev–Trinajstić information content (AvgIpc) is 3.90. The van der Waals surface area contributed by atoms with E-state index in [4.69, 9.17) is 0 Å². The molecule has 14 unspecified atom stereocenters. The van der Waals surface area contributed by atoms with Crippen molar-refractivity contribution in [3.8, 4) is 0 Å². The van der Waals surface area contributed by atoms with E-state index in [2.05, 4.69) is 12.2 Å². The zero-order chi connectivity index (χ0) is 30.7. The Labute approximate surface area is 286 Å². The Kier molecular flexibility index (Phi) is 11.3. The molecule has 8 rings (SSSR count). The lowest BCUT2D eigenvalue weighted by Gasteiger charge is -2.37. The molecule has 0 bridgehead atoms. The van der Waals surface area contributed by atoms with E-state index in [1.165, 1.54) is 25.7 Å². The van der Waals surface area contributed by atoms with Crippen LogP contribution in [0.5, 0.6) is 0 Å². The minimum absolute atomic E-state index is 1.05. The first kappa shape index (κ1) is 32.9. The van der Waals surface area contributed by atoms with E-state index in [0.717, 1.165) is 82.9 Å². The van der Waals surface area contributed by atoms with Crippen molar-refractivity contribution in [3.05, 3.63) is 12.2 Å². The molecule has 0 aromatic heterocycles. The summed E-state index contributed by atoms with van der Waals surface area (Å²) >= 11 is 0. The summed E-state index contributed by atoms with van der Waals surface area (Å²) in [5.74, 6) is 15.4. The van der Waals surface area contributed by atoms with E-state index >= 15 is 0 Å². The molecule has 0 aromatic rings. The number of hydrogen-bond donors (Lipinski definition) is 0. The quantitative estimate of drug-likeness (QED) is 0.189. The second kappa shape index (κ2) is 15.7. The van der Waals surface area contributed by atoms with Crippen LogP contribution in [0.4, 0.5) is 0 Å². The summed E-state index contributed by atoms with van der Waals surface area (Å²) in [5.41, 5.74) is 0. The second-order valence-electron chi connectivity index (χ2n) is 19.6. The Balaban J connectivity index is 0.883. The number of hydrogen-bond acceptors (Lipinski definition) is 0. The summed E-state index contributed by atoms with van der Waals surface area (Å²) in [4.78, 5) is 0. The van der Waals surface area contributed by atoms with Gasteiger partial charge in [-0.05, 0) is 198 Å². The van der Waals surface area contributed by atoms with Crippen molar-refractivity contribution in [1.82, 2.24) is 0 Å². The lowest BCUT2D eigenvalue weighted by atomic mass is 9.68. The maximum absolute atomic E-state index is 2.72. The van der Waals surface area contributed by atoms with Crippen LogP contribution < -0.4 is 0 Å². The van der Waals surface area contributed by atoms with Gasteiger partial charge in [0.2, 0.25) is 0 Å². The fourth-order valence-electron chi connectivity index (χ4n) is 15.7. The minimum Gasteiger partial charge on any atom is -0.0885 e. The van der Waals surface area contributed by atoms with Crippen LogP contribution in [0, 0.1) is 82.9 Å². The SMILES string of the molecule is C(=CCCC(CC1CCC2CCCCC21)C1CCC2CCCCC21)CCC(CC1CCC2CCCCC21)C1CCC2CCCCC21. The highest BCUT2D eigenvalue weighted by atomic mass is 14.5. The summed E-state index contributed by atoms with van der Waals surface area (Å²) in [5, 5.41) is 0. The number of allylic oxidation sites excluding steroid dienone is 2. The zero-order valence-corrected chi connectivity index (χ0v) is 30.5. The first-order valence-corrected chi connectivity index (χ1v) is 22.5. The van der Waals surface area contributed by atoms with Crippen molar-refractivity contribution < 1.29 is 0 Å². The molecule has 14 atom stereocenters. The van der Waals surface area contributed by atoms with E-state index in [0.29, 0.717) is 0 Å². The Morgan fingerprint density at radius 3 is 1.13 bits per heavy atom. The van der Waals surface area contributed by atoms with Crippen LogP contribution >= 0.6 is 0 Å². The second-order valence-corrected chi connectivity index (χ2v) is 19.6. The van der Waals surface area contributed by atoms with E-state index in [9.17, 15) is 0 Å². The van der Waals surface area contributed by atoms with Crippen LogP contribution in [0.15, 0.2) is 12.2 Å². The van der Waals surface area contributed by atoms with Gasteiger partial charge in [-0.25, -0.2) is 0 Å². The van der Waals surface area contributed by atoms with Gasteiger partial charge in [0.1, 0.15) is 0 Å². The topological polar surface area (TPSA) is 0 Å². The first-order valence-electron chi connectivity index (χ1n) is 22.5. The van der Waals surface area contributed by atoms with Gasteiger partial charge >= 0.3 is 0 Å². The van der Waals surface area contributed by atoms with E-state index in [-0.39, 0.29) is 0 Å². The minimum atomic E-state index is 1.05. The third-order valence-corrected chi connectivity index (χ3v) is 17.7. The van der Waals surface area contributed by atoms with Gasteiger partial charge in [0.25, 0.3) is 0 Å². The van der Waals surface area contributed by atoms with Crippen molar-refractivity contribution in [2.45, 2.75) is 193 Å². The summed E-state index contributed by atoms with van der Waals surface area (Å²) in [6.45, 7) is 0. The molecule has 0 radical (unpaired) electrons. The fourth-order valence-corrected chi connectivity index (χ4v) is 15.7. The van der Waals surface area contributed by atoms with Crippen molar-refractivity contribution in [2.75, 3.05) is 0 Å². The van der Waals surface area contributed by atoms with Gasteiger partial charge < -0.3 is 0 Å². The molecular formula is C46H76. The maximum Gasteiger partial charge on any atom is -0.0348 e. The molecular weight excluding hydrogens is 553 g/mol. The van der Waals surface area contributed by atoms with Crippen molar-refractivity contribution >= 4 is 0 Å². The summed E-state index contributed by atoms with van der Waals surface area (Å²) in [6.07, 6.45) is 52.3. The number of fused-ring (bicyclic) bond motifs is 4. The summed E-state index contributed by atoms with van der Waals surface area (Å²) < 4.78 is 0. The Morgan fingerprint density at radius 1 is 0.348 bits per heavy atom. The normalized spacial score (nSPS) is 45.3. The molecule has 0 nitrogen and oxygen atoms in total. The van der Waals surface area contributed by atoms with Gasteiger partial charge in [0, 0.05) is 0 Å². The van der Waals surface area contributed by atoms with Gasteiger partial charge in [0.05, 0.1) is 0 Å². The molecule has 0 aliphatic heterocycles. The highest BCUT2D eigenvalue weighted by Crippen LogP contribution is 2.56. The molecule has 0 heteroatoms. The highest BCUT2D eigenvalue weighted by molar-refractivity contribution is 4.97. The molecule has 0 spiro atoms. The molecule has 0 N–H and O–H groups in total. The van der Waals surface area contributed by atoms with Gasteiger partial charge in [0.15, 0.2) is 0 Å². The third-order valence-electron chi connectivity index (χ3n) is 17.7. The lowest BCUT2D eigenvalue weighted by Crippen LogP contribution is -2.28. The van der Waals surface area contributed by atoms with E-state index < -0.39 is 0 Å². The number of rotatable bonds is 12. The van der Waals surface area contributed by atoms with Crippen molar-refractivity contribution in [2.24, 2.45) is 82.9 Å². The highest BCUT2D eigenvalue weighted by Gasteiger charge is 2.45. The standard InChI is InChI=1S/C46H76/c1(3-17-37(45-29-27-35-15-7-11-21-43(35)45)31-39-25-23-33-13-5-9-19-41(33)39)2-4-18-38(46-30-28-36-16-8-12-22-44(36)46)32-40-26-24-34-14-6-10-20-42(34)40/h1-2,33-46H,3-32H2. The van der Waals surface area contributed by atoms with Crippen LogP contribution in [0.3, 0.4) is 0 Å². The average molecular weight is 629 g/mol. The predicted molar refractivity (Wildman–Crippen MR) is 197 cm³/mol. The Morgan fingerprint density at radius 2 is 0.696 bits per heavy atom. The molecule has 8 aliphatic carbocycles. The van der Waals surface area contributed by atoms with Crippen LogP contribution in [0.2, 0.25) is 0 Å². The van der Waals surface area contributed by atoms with Crippen molar-refractivity contribution in [1.29, 1.82) is 0 Å². The van der Waals surface area contributed by atoms with Crippen LogP contribution in [0.25, 0.3) is 0 Å². The van der Waals surface area contributed by atoms with Crippen LogP contribution in [-0.4, -0.2) is 0 Å². The van der Waals surface area contributed by atoms with Gasteiger partial charge in [-0.2, -0.15) is 0 Å². The molecule has 8 fully saturated rings. The molecule has 0 heterocycles. The van der Waals surface area contributed by atoms with Gasteiger partial charge in [-0.3, -0.25) is 0 Å². The molecule has 8 saturated carbocycles. The maximum atomic E-state index is 2.72. The Hall–Kier alpha value is -0.260. The first-order chi connectivity index (χ1) is 22.8. The smallest absolute Gasteiger partial charge is 0.0348 e. The fraction of sp³-hybridized carbons (Fsp3) is 0.957. The van der Waals surface area contributed by atoms with E-state index in [1.807, 2.05) is 0 Å². The molecule has 8 aliphatic rings. The Bertz CT molecular complexity index is 885.